The summed E-state index contributed by atoms with van der Waals surface area (Å²) in [5.74, 6) is -4.49. The number of halogens is 5. The number of amides is 1. The molecule has 4 rings (SSSR count). The summed E-state index contributed by atoms with van der Waals surface area (Å²) in [5, 5.41) is 10.1. The fourth-order valence-electron chi connectivity index (χ4n) is 4.17. The predicted molar refractivity (Wildman–Crippen MR) is 115 cm³/mol. The third-order valence-corrected chi connectivity index (χ3v) is 6.17. The molecule has 2 unspecified atom stereocenters. The van der Waals surface area contributed by atoms with Crippen LogP contribution in [-0.4, -0.2) is 21.9 Å². The number of carbonyl (C=O) groups is 2. The van der Waals surface area contributed by atoms with Crippen LogP contribution in [-0.2, 0) is 17.5 Å². The molecule has 2 atom stereocenters. The Kier molecular flexibility index (Phi) is 6.00. The summed E-state index contributed by atoms with van der Waals surface area (Å²) in [7, 11) is 0. The molecule has 0 aliphatic carbocycles. The van der Waals surface area contributed by atoms with Crippen molar-refractivity contribution in [3.63, 3.8) is 0 Å². The van der Waals surface area contributed by atoms with Crippen LogP contribution in [0.1, 0.15) is 44.6 Å². The monoisotopic (exact) mass is 521 g/mol. The summed E-state index contributed by atoms with van der Waals surface area (Å²) >= 11 is 3.30. The van der Waals surface area contributed by atoms with Gasteiger partial charge in [-0.25, -0.2) is 4.39 Å². The van der Waals surface area contributed by atoms with Crippen LogP contribution in [0.25, 0.3) is 0 Å². The van der Waals surface area contributed by atoms with Crippen LogP contribution < -0.4 is 0 Å². The van der Waals surface area contributed by atoms with Crippen molar-refractivity contribution in [3.8, 4) is 0 Å². The zero-order chi connectivity index (χ0) is 23.9. The minimum absolute atomic E-state index is 0.116. The van der Waals surface area contributed by atoms with E-state index in [0.29, 0.717) is 17.2 Å². The Morgan fingerprint density at radius 3 is 2.30 bits per heavy atom. The van der Waals surface area contributed by atoms with Crippen molar-refractivity contribution in [2.24, 2.45) is 0 Å². The van der Waals surface area contributed by atoms with Crippen molar-refractivity contribution in [2.45, 2.75) is 24.7 Å². The van der Waals surface area contributed by atoms with E-state index in [0.717, 1.165) is 21.5 Å². The normalized spacial score (nSPS) is 18.2. The lowest BCUT2D eigenvalue weighted by Crippen LogP contribution is -2.44. The van der Waals surface area contributed by atoms with Gasteiger partial charge in [0.2, 0.25) is 0 Å². The van der Waals surface area contributed by atoms with Gasteiger partial charge in [-0.3, -0.25) is 9.59 Å². The standard InChI is InChI=1S/C24H16BrF4NO3/c25-15-10-8-13(9-11-15)21-19(23(32)33)16-5-1-2-6-17(16)22(31)30(21)12-14-4-3-7-18(20(14)26)24(27,28)29/h1-11,19,21H,12H2,(H,32,33). The lowest BCUT2D eigenvalue weighted by molar-refractivity contribution is -0.141. The highest BCUT2D eigenvalue weighted by Crippen LogP contribution is 2.44. The molecule has 1 amide bonds. The molecule has 9 heteroatoms. The second kappa shape index (κ2) is 8.62. The van der Waals surface area contributed by atoms with Gasteiger partial charge in [0, 0.05) is 22.1 Å². The van der Waals surface area contributed by atoms with E-state index in [4.69, 9.17) is 0 Å². The molecule has 0 fully saturated rings. The molecule has 0 aromatic heterocycles. The maximum absolute atomic E-state index is 14.8. The molecule has 1 aliphatic heterocycles. The highest BCUT2D eigenvalue weighted by atomic mass is 79.9. The molecule has 170 valence electrons. The maximum Gasteiger partial charge on any atom is 0.419 e. The lowest BCUT2D eigenvalue weighted by atomic mass is 9.79. The number of hydrogen-bond acceptors (Lipinski definition) is 2. The van der Waals surface area contributed by atoms with Gasteiger partial charge in [-0.05, 0) is 35.4 Å². The van der Waals surface area contributed by atoms with Crippen LogP contribution in [0.15, 0.2) is 71.2 Å². The topological polar surface area (TPSA) is 57.6 Å². The number of hydrogen-bond donors (Lipinski definition) is 1. The predicted octanol–water partition coefficient (Wildman–Crippen LogP) is 6.17. The Balaban J connectivity index is 1.89. The molecule has 1 heterocycles. The van der Waals surface area contributed by atoms with E-state index < -0.39 is 47.9 Å². The van der Waals surface area contributed by atoms with Crippen LogP contribution in [0.3, 0.4) is 0 Å². The number of aliphatic carboxylic acids is 1. The first-order chi connectivity index (χ1) is 15.6. The van der Waals surface area contributed by atoms with Crippen molar-refractivity contribution >= 4 is 27.8 Å². The number of alkyl halides is 3. The Morgan fingerprint density at radius 1 is 1.00 bits per heavy atom. The Labute approximate surface area is 194 Å². The van der Waals surface area contributed by atoms with Gasteiger partial charge in [-0.15, -0.1) is 0 Å². The van der Waals surface area contributed by atoms with E-state index in [-0.39, 0.29) is 11.1 Å². The minimum Gasteiger partial charge on any atom is -0.481 e. The number of nitrogens with zero attached hydrogens (tertiary/aromatic N) is 1. The summed E-state index contributed by atoms with van der Waals surface area (Å²) in [5.41, 5.74) is -0.932. The van der Waals surface area contributed by atoms with Crippen LogP contribution >= 0.6 is 15.9 Å². The zero-order valence-electron chi connectivity index (χ0n) is 16.8. The summed E-state index contributed by atoms with van der Waals surface area (Å²) in [6.07, 6.45) is -4.91. The van der Waals surface area contributed by atoms with Crippen molar-refractivity contribution in [2.75, 3.05) is 0 Å². The number of carboxylic acids is 1. The second-order valence-electron chi connectivity index (χ2n) is 7.61. The first-order valence-corrected chi connectivity index (χ1v) is 10.6. The average molecular weight is 522 g/mol. The molecular weight excluding hydrogens is 506 g/mol. The Hall–Kier alpha value is -3.20. The quantitative estimate of drug-likeness (QED) is 0.417. The van der Waals surface area contributed by atoms with Gasteiger partial charge >= 0.3 is 12.1 Å². The molecule has 0 bridgehead atoms. The minimum atomic E-state index is -4.91. The Bertz CT molecular complexity index is 1230. The van der Waals surface area contributed by atoms with E-state index in [2.05, 4.69) is 15.9 Å². The zero-order valence-corrected chi connectivity index (χ0v) is 18.4. The van der Waals surface area contributed by atoms with E-state index in [1.165, 1.54) is 6.07 Å². The van der Waals surface area contributed by atoms with Gasteiger partial charge in [0.05, 0.1) is 11.6 Å². The summed E-state index contributed by atoms with van der Waals surface area (Å²) in [4.78, 5) is 26.9. The van der Waals surface area contributed by atoms with Gasteiger partial charge in [0.15, 0.2) is 0 Å². The molecule has 3 aromatic carbocycles. The number of rotatable bonds is 4. The number of carbonyl (C=O) groups excluding carboxylic acids is 1. The van der Waals surface area contributed by atoms with Gasteiger partial charge in [0.25, 0.3) is 5.91 Å². The molecular formula is C24H16BrF4NO3. The largest absolute Gasteiger partial charge is 0.481 e. The first kappa shape index (κ1) is 23.0. The summed E-state index contributed by atoms with van der Waals surface area (Å²) < 4.78 is 55.2. The molecule has 0 radical (unpaired) electrons. The molecule has 4 nitrogen and oxygen atoms in total. The fraction of sp³-hybridized carbons (Fsp3) is 0.167. The van der Waals surface area contributed by atoms with Crippen LogP contribution in [0, 0.1) is 5.82 Å². The van der Waals surface area contributed by atoms with E-state index in [9.17, 15) is 32.3 Å². The van der Waals surface area contributed by atoms with Gasteiger partial charge in [-0.2, -0.15) is 13.2 Å². The van der Waals surface area contributed by atoms with Gasteiger partial charge in [0.1, 0.15) is 11.7 Å². The van der Waals surface area contributed by atoms with Crippen molar-refractivity contribution < 1.29 is 32.3 Å². The lowest BCUT2D eigenvalue weighted by Gasteiger charge is -2.41. The summed E-state index contributed by atoms with van der Waals surface area (Å²) in [6, 6.07) is 14.6. The SMILES string of the molecule is O=C(O)C1c2ccccc2C(=O)N(Cc2cccc(C(F)(F)F)c2F)C1c1ccc(Br)cc1. The van der Waals surface area contributed by atoms with Crippen LogP contribution in [0.5, 0.6) is 0 Å². The summed E-state index contributed by atoms with van der Waals surface area (Å²) in [6.45, 7) is -0.534. The van der Waals surface area contributed by atoms with Crippen molar-refractivity contribution in [3.05, 3.63) is 105 Å². The molecule has 0 saturated heterocycles. The first-order valence-electron chi connectivity index (χ1n) is 9.82. The molecule has 3 aromatic rings. The number of carboxylic acid groups (broad SMARTS) is 1. The van der Waals surface area contributed by atoms with E-state index in [1.807, 2.05) is 0 Å². The second-order valence-corrected chi connectivity index (χ2v) is 8.52. The van der Waals surface area contributed by atoms with E-state index in [1.54, 1.807) is 42.5 Å². The van der Waals surface area contributed by atoms with Gasteiger partial charge < -0.3 is 10.0 Å². The van der Waals surface area contributed by atoms with Crippen molar-refractivity contribution in [1.29, 1.82) is 0 Å². The molecule has 33 heavy (non-hydrogen) atoms. The third-order valence-electron chi connectivity index (χ3n) is 5.64. The third kappa shape index (κ3) is 4.25. The fourth-order valence-corrected chi connectivity index (χ4v) is 4.43. The average Bonchev–Trinajstić information content (AvgIpc) is 2.76. The van der Waals surface area contributed by atoms with Crippen LogP contribution in [0.2, 0.25) is 0 Å². The van der Waals surface area contributed by atoms with Gasteiger partial charge in [-0.1, -0.05) is 58.4 Å². The van der Waals surface area contributed by atoms with E-state index >= 15 is 0 Å². The molecule has 1 N–H and O–H groups in total. The highest BCUT2D eigenvalue weighted by Gasteiger charge is 2.45. The molecule has 1 aliphatic rings. The molecule has 0 spiro atoms. The van der Waals surface area contributed by atoms with Crippen molar-refractivity contribution in [1.82, 2.24) is 4.90 Å². The maximum atomic E-state index is 14.8. The number of fused-ring (bicyclic) bond motifs is 1. The smallest absolute Gasteiger partial charge is 0.419 e. The molecule has 0 saturated carbocycles. The Morgan fingerprint density at radius 2 is 1.67 bits per heavy atom. The number of benzene rings is 3. The van der Waals surface area contributed by atoms with Crippen LogP contribution in [0.4, 0.5) is 17.6 Å². The highest BCUT2D eigenvalue weighted by molar-refractivity contribution is 9.10.